The number of likely N-dealkylation sites (tertiary alicyclic amines) is 1. The molecule has 17 heavy (non-hydrogen) atoms. The zero-order chi connectivity index (χ0) is 12.1. The summed E-state index contributed by atoms with van der Waals surface area (Å²) in [6.07, 6.45) is 2.65. The molecule has 0 saturated carbocycles. The average molecular weight is 233 g/mol. The van der Waals surface area contributed by atoms with Gasteiger partial charge in [-0.1, -0.05) is 30.3 Å². The molecular weight excluding hydrogens is 214 g/mol. The van der Waals surface area contributed by atoms with E-state index < -0.39 is 5.97 Å². The summed E-state index contributed by atoms with van der Waals surface area (Å²) in [6.45, 7) is 2.88. The molecule has 0 spiro atoms. The number of aliphatic carboxylic acids is 1. The van der Waals surface area contributed by atoms with Gasteiger partial charge in [0.05, 0.1) is 5.92 Å². The van der Waals surface area contributed by atoms with Crippen LogP contribution in [0.2, 0.25) is 0 Å². The van der Waals surface area contributed by atoms with Gasteiger partial charge in [-0.3, -0.25) is 4.79 Å². The molecule has 0 aliphatic carbocycles. The number of hydrogen-bond donors (Lipinski definition) is 1. The van der Waals surface area contributed by atoms with Crippen molar-refractivity contribution >= 4 is 5.97 Å². The van der Waals surface area contributed by atoms with Crippen molar-refractivity contribution in [3.8, 4) is 0 Å². The van der Waals surface area contributed by atoms with Gasteiger partial charge >= 0.3 is 5.97 Å². The van der Waals surface area contributed by atoms with Crippen LogP contribution in [0.3, 0.4) is 0 Å². The first-order valence-electron chi connectivity index (χ1n) is 6.25. The number of carboxylic acids is 1. The third-order valence-corrected chi connectivity index (χ3v) is 3.50. The van der Waals surface area contributed by atoms with Gasteiger partial charge in [-0.2, -0.15) is 0 Å². The smallest absolute Gasteiger partial charge is 0.306 e. The number of hydrogen-bond acceptors (Lipinski definition) is 2. The molecule has 0 aromatic heterocycles. The van der Waals surface area contributed by atoms with Crippen molar-refractivity contribution < 1.29 is 9.90 Å². The van der Waals surface area contributed by atoms with Crippen molar-refractivity contribution in [2.24, 2.45) is 5.92 Å². The lowest BCUT2D eigenvalue weighted by atomic mass is 9.97. The zero-order valence-corrected chi connectivity index (χ0v) is 10.0. The molecule has 3 heteroatoms. The fraction of sp³-hybridized carbons (Fsp3) is 0.500. The molecule has 92 valence electrons. The van der Waals surface area contributed by atoms with E-state index in [0.29, 0.717) is 0 Å². The van der Waals surface area contributed by atoms with Crippen LogP contribution in [0.4, 0.5) is 0 Å². The molecule has 1 aromatic carbocycles. The van der Waals surface area contributed by atoms with Crippen molar-refractivity contribution in [1.82, 2.24) is 4.90 Å². The third kappa shape index (κ3) is 3.56. The minimum absolute atomic E-state index is 0.122. The molecule has 0 bridgehead atoms. The van der Waals surface area contributed by atoms with Crippen LogP contribution in [-0.2, 0) is 11.2 Å². The molecule has 0 atom stereocenters. The molecule has 1 saturated heterocycles. The Balaban J connectivity index is 1.74. The summed E-state index contributed by atoms with van der Waals surface area (Å²) in [4.78, 5) is 13.2. The summed E-state index contributed by atoms with van der Waals surface area (Å²) in [7, 11) is 0. The second-order valence-corrected chi connectivity index (χ2v) is 4.69. The molecule has 1 aliphatic heterocycles. The Bertz CT molecular complexity index is 356. The number of benzene rings is 1. The zero-order valence-electron chi connectivity index (χ0n) is 10.0. The SMILES string of the molecule is O=C(O)C1CCN(CCc2ccccc2)CC1. The van der Waals surface area contributed by atoms with Crippen LogP contribution in [0.1, 0.15) is 18.4 Å². The summed E-state index contributed by atoms with van der Waals surface area (Å²) in [5.41, 5.74) is 1.35. The van der Waals surface area contributed by atoms with Gasteiger partial charge in [-0.15, -0.1) is 0 Å². The van der Waals surface area contributed by atoms with Gasteiger partial charge in [0.2, 0.25) is 0 Å². The highest BCUT2D eigenvalue weighted by Crippen LogP contribution is 2.17. The maximum atomic E-state index is 10.8. The molecule has 1 fully saturated rings. The summed E-state index contributed by atoms with van der Waals surface area (Å²) in [5.74, 6) is -0.754. The lowest BCUT2D eigenvalue weighted by Crippen LogP contribution is -2.37. The van der Waals surface area contributed by atoms with Gasteiger partial charge in [0.1, 0.15) is 0 Å². The van der Waals surface area contributed by atoms with Gasteiger partial charge in [-0.25, -0.2) is 0 Å². The van der Waals surface area contributed by atoms with Crippen molar-refractivity contribution in [3.05, 3.63) is 35.9 Å². The first-order valence-corrected chi connectivity index (χ1v) is 6.25. The Kier molecular flexibility index (Phi) is 4.15. The third-order valence-electron chi connectivity index (χ3n) is 3.50. The summed E-state index contributed by atoms with van der Waals surface area (Å²) in [6, 6.07) is 10.4. The average Bonchev–Trinajstić information content (AvgIpc) is 2.38. The van der Waals surface area contributed by atoms with Crippen molar-refractivity contribution in [2.75, 3.05) is 19.6 Å². The predicted octanol–water partition coefficient (Wildman–Crippen LogP) is 2.03. The Hall–Kier alpha value is -1.35. The van der Waals surface area contributed by atoms with E-state index in [0.717, 1.165) is 38.9 Å². The highest BCUT2D eigenvalue weighted by atomic mass is 16.4. The van der Waals surface area contributed by atoms with E-state index in [4.69, 9.17) is 5.11 Å². The first-order chi connectivity index (χ1) is 8.25. The van der Waals surface area contributed by atoms with E-state index in [-0.39, 0.29) is 5.92 Å². The molecule has 2 rings (SSSR count). The van der Waals surface area contributed by atoms with Gasteiger partial charge in [0, 0.05) is 6.54 Å². The monoisotopic (exact) mass is 233 g/mol. The Labute approximate surface area is 102 Å². The Morgan fingerprint density at radius 3 is 2.47 bits per heavy atom. The van der Waals surface area contributed by atoms with Gasteiger partial charge in [-0.05, 0) is 37.9 Å². The Morgan fingerprint density at radius 1 is 1.24 bits per heavy atom. The molecule has 1 aliphatic rings. The molecule has 0 radical (unpaired) electrons. The number of carboxylic acid groups (broad SMARTS) is 1. The minimum Gasteiger partial charge on any atom is -0.481 e. The van der Waals surface area contributed by atoms with E-state index in [9.17, 15) is 4.79 Å². The quantitative estimate of drug-likeness (QED) is 0.865. The molecule has 0 amide bonds. The maximum absolute atomic E-state index is 10.8. The molecule has 0 unspecified atom stereocenters. The summed E-state index contributed by atoms with van der Waals surface area (Å²) in [5, 5.41) is 8.91. The first kappa shape index (κ1) is 12.1. The highest BCUT2D eigenvalue weighted by molar-refractivity contribution is 5.70. The van der Waals surface area contributed by atoms with E-state index in [1.165, 1.54) is 5.56 Å². The largest absolute Gasteiger partial charge is 0.481 e. The second-order valence-electron chi connectivity index (χ2n) is 4.69. The lowest BCUT2D eigenvalue weighted by Gasteiger charge is -2.29. The number of nitrogens with zero attached hydrogens (tertiary/aromatic N) is 1. The van der Waals surface area contributed by atoms with Crippen molar-refractivity contribution in [1.29, 1.82) is 0 Å². The van der Waals surface area contributed by atoms with E-state index in [1.807, 2.05) is 6.07 Å². The second kappa shape index (κ2) is 5.82. The molecule has 1 aromatic rings. The van der Waals surface area contributed by atoms with Crippen molar-refractivity contribution in [2.45, 2.75) is 19.3 Å². The topological polar surface area (TPSA) is 40.5 Å². The molecular formula is C14H19NO2. The maximum Gasteiger partial charge on any atom is 0.306 e. The molecule has 1 N–H and O–H groups in total. The molecule has 3 nitrogen and oxygen atoms in total. The fourth-order valence-electron chi connectivity index (χ4n) is 2.34. The van der Waals surface area contributed by atoms with Crippen LogP contribution in [0.15, 0.2) is 30.3 Å². The number of carbonyl (C=O) groups is 1. The number of rotatable bonds is 4. The van der Waals surface area contributed by atoms with E-state index in [2.05, 4.69) is 29.2 Å². The van der Waals surface area contributed by atoms with E-state index in [1.54, 1.807) is 0 Å². The van der Waals surface area contributed by atoms with Gasteiger partial charge in [0.25, 0.3) is 0 Å². The van der Waals surface area contributed by atoms with E-state index >= 15 is 0 Å². The fourth-order valence-corrected chi connectivity index (χ4v) is 2.34. The van der Waals surface area contributed by atoms with Crippen LogP contribution in [0.25, 0.3) is 0 Å². The van der Waals surface area contributed by atoms with Crippen LogP contribution < -0.4 is 0 Å². The highest BCUT2D eigenvalue weighted by Gasteiger charge is 2.23. The molecule has 1 heterocycles. The van der Waals surface area contributed by atoms with Crippen LogP contribution in [0, 0.1) is 5.92 Å². The normalized spacial score (nSPS) is 18.1. The van der Waals surface area contributed by atoms with Gasteiger partial charge in [0.15, 0.2) is 0 Å². The number of piperidine rings is 1. The van der Waals surface area contributed by atoms with Crippen LogP contribution in [0.5, 0.6) is 0 Å². The van der Waals surface area contributed by atoms with Crippen molar-refractivity contribution in [3.63, 3.8) is 0 Å². The summed E-state index contributed by atoms with van der Waals surface area (Å²) >= 11 is 0. The predicted molar refractivity (Wildman–Crippen MR) is 66.9 cm³/mol. The van der Waals surface area contributed by atoms with Gasteiger partial charge < -0.3 is 10.0 Å². The lowest BCUT2D eigenvalue weighted by molar-refractivity contribution is -0.143. The van der Waals surface area contributed by atoms with Crippen LogP contribution >= 0.6 is 0 Å². The van der Waals surface area contributed by atoms with Crippen LogP contribution in [-0.4, -0.2) is 35.6 Å². The summed E-state index contributed by atoms with van der Waals surface area (Å²) < 4.78 is 0. The Morgan fingerprint density at radius 2 is 1.88 bits per heavy atom. The minimum atomic E-state index is -0.632. The standard InChI is InChI=1S/C14H19NO2/c16-14(17)13-7-10-15(11-8-13)9-6-12-4-2-1-3-5-12/h1-5,13H,6-11H2,(H,16,17).